The number of carbonyl (C=O) groups excluding carboxylic acids is 1. The molecule has 3 N–H and O–H groups in total. The highest BCUT2D eigenvalue weighted by atomic mass is 16.1. The number of azide groups is 2. The van der Waals surface area contributed by atoms with E-state index in [9.17, 15) is 4.79 Å². The average Bonchev–Trinajstić information content (AvgIpc) is 2.21. The largest absolute Gasteiger partial charge is 0.368 e. The number of hydrogen-bond donors (Lipinski definition) is 2. The summed E-state index contributed by atoms with van der Waals surface area (Å²) in [5.41, 5.74) is 21.1. The molecule has 0 saturated heterocycles. The Hall–Kier alpha value is -1.95. The molecule has 1 atom stereocenters. The first-order valence-corrected chi connectivity index (χ1v) is 4.26. The van der Waals surface area contributed by atoms with E-state index in [-0.39, 0.29) is 6.54 Å². The van der Waals surface area contributed by atoms with Gasteiger partial charge >= 0.3 is 0 Å². The summed E-state index contributed by atoms with van der Waals surface area (Å²) < 4.78 is 0. The van der Waals surface area contributed by atoms with Crippen LogP contribution in [-0.4, -0.2) is 31.6 Å². The Morgan fingerprint density at radius 2 is 2.07 bits per heavy atom. The van der Waals surface area contributed by atoms with Crippen molar-refractivity contribution in [1.29, 1.82) is 0 Å². The van der Waals surface area contributed by atoms with Gasteiger partial charge in [0.05, 0.1) is 12.6 Å². The van der Waals surface area contributed by atoms with Crippen molar-refractivity contribution in [3.05, 3.63) is 20.9 Å². The van der Waals surface area contributed by atoms with Gasteiger partial charge in [-0.3, -0.25) is 4.79 Å². The van der Waals surface area contributed by atoms with Crippen molar-refractivity contribution in [3.8, 4) is 0 Å². The van der Waals surface area contributed by atoms with Crippen molar-refractivity contribution < 1.29 is 4.79 Å². The van der Waals surface area contributed by atoms with E-state index < -0.39 is 11.9 Å². The molecule has 0 heterocycles. The summed E-state index contributed by atoms with van der Waals surface area (Å²) in [4.78, 5) is 15.9. The maximum atomic E-state index is 10.8. The smallest absolute Gasteiger partial charge is 0.234 e. The van der Waals surface area contributed by atoms with Gasteiger partial charge in [0.15, 0.2) is 0 Å². The number of carbonyl (C=O) groups is 1. The summed E-state index contributed by atoms with van der Waals surface area (Å²) in [5.74, 6) is -0.578. The summed E-state index contributed by atoms with van der Waals surface area (Å²) in [6.45, 7) is 0.789. The van der Waals surface area contributed by atoms with Gasteiger partial charge in [-0.1, -0.05) is 10.2 Å². The fraction of sp³-hybridized carbons (Fsp3) is 0.833. The molecule has 0 aliphatic heterocycles. The van der Waals surface area contributed by atoms with Crippen LogP contribution in [0.2, 0.25) is 0 Å². The lowest BCUT2D eigenvalue weighted by Crippen LogP contribution is -2.43. The van der Waals surface area contributed by atoms with Gasteiger partial charge in [0.25, 0.3) is 0 Å². The zero-order valence-electron chi connectivity index (χ0n) is 8.07. The third kappa shape index (κ3) is 7.15. The Morgan fingerprint density at radius 3 is 2.60 bits per heavy atom. The Bertz CT molecular complexity index is 290. The van der Waals surface area contributed by atoms with Crippen molar-refractivity contribution in [2.75, 3.05) is 19.6 Å². The SMILES string of the molecule is [N-]=[N+]=NCCCNC(CN=[N+]=[N-])C(N)=O. The molecular formula is C6H12N8O. The van der Waals surface area contributed by atoms with Crippen LogP contribution in [0.25, 0.3) is 20.9 Å². The molecule has 0 bridgehead atoms. The number of hydrogen-bond acceptors (Lipinski definition) is 4. The Labute approximate surface area is 85.9 Å². The highest BCUT2D eigenvalue weighted by Crippen LogP contribution is 1.87. The van der Waals surface area contributed by atoms with E-state index >= 15 is 0 Å². The Balaban J connectivity index is 3.80. The second-order valence-corrected chi connectivity index (χ2v) is 2.63. The maximum absolute atomic E-state index is 10.8. The molecule has 9 nitrogen and oxygen atoms in total. The molecule has 0 aromatic rings. The van der Waals surface area contributed by atoms with Crippen molar-refractivity contribution in [3.63, 3.8) is 0 Å². The van der Waals surface area contributed by atoms with E-state index in [0.29, 0.717) is 19.5 Å². The van der Waals surface area contributed by atoms with Crippen LogP contribution in [0.3, 0.4) is 0 Å². The third-order valence-electron chi connectivity index (χ3n) is 1.56. The van der Waals surface area contributed by atoms with Crippen molar-refractivity contribution in [1.82, 2.24) is 5.32 Å². The van der Waals surface area contributed by atoms with E-state index in [1.54, 1.807) is 0 Å². The normalized spacial score (nSPS) is 10.9. The quantitative estimate of drug-likeness (QED) is 0.259. The summed E-state index contributed by atoms with van der Waals surface area (Å²) in [7, 11) is 0. The van der Waals surface area contributed by atoms with Gasteiger partial charge in [-0.15, -0.1) is 0 Å². The molecule has 0 aromatic heterocycles. The van der Waals surface area contributed by atoms with Crippen LogP contribution in [0.15, 0.2) is 10.2 Å². The van der Waals surface area contributed by atoms with Gasteiger partial charge in [-0.05, 0) is 24.0 Å². The third-order valence-corrected chi connectivity index (χ3v) is 1.56. The van der Waals surface area contributed by atoms with Crippen LogP contribution in [0.4, 0.5) is 0 Å². The molecule has 0 aliphatic carbocycles. The highest BCUT2D eigenvalue weighted by Gasteiger charge is 2.12. The maximum Gasteiger partial charge on any atom is 0.234 e. The van der Waals surface area contributed by atoms with E-state index in [4.69, 9.17) is 16.8 Å². The predicted octanol–water partition coefficient (Wildman–Crippen LogP) is 0.441. The number of nitrogens with one attached hydrogen (secondary N) is 1. The first-order valence-electron chi connectivity index (χ1n) is 4.26. The van der Waals surface area contributed by atoms with Crippen molar-refractivity contribution >= 4 is 5.91 Å². The lowest BCUT2D eigenvalue weighted by atomic mass is 10.2. The van der Waals surface area contributed by atoms with E-state index in [2.05, 4.69) is 25.4 Å². The minimum atomic E-state index is -0.674. The number of nitrogens with zero attached hydrogens (tertiary/aromatic N) is 6. The van der Waals surface area contributed by atoms with Gasteiger partial charge in [-0.25, -0.2) is 0 Å². The zero-order chi connectivity index (χ0) is 11.5. The van der Waals surface area contributed by atoms with E-state index in [0.717, 1.165) is 0 Å². The second-order valence-electron chi connectivity index (χ2n) is 2.63. The molecule has 0 aromatic carbocycles. The molecule has 0 fully saturated rings. The monoisotopic (exact) mass is 212 g/mol. The molecule has 9 heteroatoms. The van der Waals surface area contributed by atoms with E-state index in [1.165, 1.54) is 0 Å². The minimum Gasteiger partial charge on any atom is -0.368 e. The molecule has 15 heavy (non-hydrogen) atoms. The zero-order valence-corrected chi connectivity index (χ0v) is 8.07. The Morgan fingerprint density at radius 1 is 1.40 bits per heavy atom. The van der Waals surface area contributed by atoms with Crippen LogP contribution < -0.4 is 11.1 Å². The molecular weight excluding hydrogens is 200 g/mol. The summed E-state index contributed by atoms with van der Waals surface area (Å²) >= 11 is 0. The predicted molar refractivity (Wildman–Crippen MR) is 53.6 cm³/mol. The van der Waals surface area contributed by atoms with E-state index in [1.807, 2.05) is 0 Å². The fourth-order valence-corrected chi connectivity index (χ4v) is 0.844. The summed E-state index contributed by atoms with van der Waals surface area (Å²) in [6.07, 6.45) is 0.587. The van der Waals surface area contributed by atoms with Crippen molar-refractivity contribution in [2.24, 2.45) is 16.0 Å². The lowest BCUT2D eigenvalue weighted by molar-refractivity contribution is -0.119. The van der Waals surface area contributed by atoms with Crippen LogP contribution in [0, 0.1) is 0 Å². The molecule has 0 spiro atoms. The molecule has 0 saturated carbocycles. The molecule has 82 valence electrons. The topological polar surface area (TPSA) is 153 Å². The average molecular weight is 212 g/mol. The first-order chi connectivity index (χ1) is 7.22. The van der Waals surface area contributed by atoms with Crippen LogP contribution in [0.5, 0.6) is 0 Å². The number of amides is 1. The number of rotatable bonds is 8. The lowest BCUT2D eigenvalue weighted by Gasteiger charge is -2.11. The van der Waals surface area contributed by atoms with Crippen molar-refractivity contribution in [2.45, 2.75) is 12.5 Å². The van der Waals surface area contributed by atoms with Crippen LogP contribution in [-0.2, 0) is 4.79 Å². The molecule has 0 aliphatic rings. The first kappa shape index (κ1) is 13.1. The minimum absolute atomic E-state index is 0.0205. The number of primary amides is 1. The standard InChI is InChI=1S/C6H12N8O/c7-6(15)5(4-12-14-9)10-2-1-3-11-13-8/h5,10H,1-4H2,(H2,7,15). The summed E-state index contributed by atoms with van der Waals surface area (Å²) in [5, 5.41) is 9.35. The van der Waals surface area contributed by atoms with Gasteiger partial charge in [-0.2, -0.15) is 0 Å². The molecule has 1 amide bonds. The molecule has 1 unspecified atom stereocenters. The molecule has 0 rings (SSSR count). The van der Waals surface area contributed by atoms with Gasteiger partial charge in [0, 0.05) is 16.4 Å². The highest BCUT2D eigenvalue weighted by molar-refractivity contribution is 5.80. The van der Waals surface area contributed by atoms with Gasteiger partial charge < -0.3 is 11.1 Å². The second kappa shape index (κ2) is 8.64. The summed E-state index contributed by atoms with van der Waals surface area (Å²) in [6, 6.07) is -0.674. The Kier molecular flexibility index (Phi) is 7.52. The molecule has 0 radical (unpaired) electrons. The van der Waals surface area contributed by atoms with Crippen LogP contribution in [0.1, 0.15) is 6.42 Å². The van der Waals surface area contributed by atoms with Crippen LogP contribution >= 0.6 is 0 Å². The fourth-order valence-electron chi connectivity index (χ4n) is 0.844. The van der Waals surface area contributed by atoms with Gasteiger partial charge in [0.1, 0.15) is 0 Å². The number of nitrogens with two attached hydrogens (primary N) is 1. The van der Waals surface area contributed by atoms with Gasteiger partial charge in [0.2, 0.25) is 5.91 Å².